The van der Waals surface area contributed by atoms with Crippen LogP contribution in [0.2, 0.25) is 0 Å². The first-order valence-electron chi connectivity index (χ1n) is 4.98. The third kappa shape index (κ3) is 3.99. The Labute approximate surface area is 110 Å². The predicted molar refractivity (Wildman–Crippen MR) is 73.1 cm³/mol. The van der Waals surface area contributed by atoms with Crippen molar-refractivity contribution in [3.05, 3.63) is 28.7 Å². The van der Waals surface area contributed by atoms with E-state index < -0.39 is 0 Å². The summed E-state index contributed by atoms with van der Waals surface area (Å²) < 4.78 is 1.23. The lowest BCUT2D eigenvalue weighted by atomic mass is 10.2. The molecule has 1 nitrogen and oxygen atoms in total. The van der Waals surface area contributed by atoms with Crippen molar-refractivity contribution in [2.24, 2.45) is 0 Å². The minimum atomic E-state index is 0. The van der Waals surface area contributed by atoms with Gasteiger partial charge in [-0.25, -0.2) is 0 Å². The van der Waals surface area contributed by atoms with E-state index in [1.165, 1.54) is 35.3 Å². The molecule has 1 N–H and O–H groups in total. The zero-order valence-corrected chi connectivity index (χ0v) is 11.6. The summed E-state index contributed by atoms with van der Waals surface area (Å²) in [5.41, 5.74) is 0. The fourth-order valence-corrected chi connectivity index (χ4v) is 3.37. The molecule has 1 heterocycles. The van der Waals surface area contributed by atoms with Gasteiger partial charge in [0.15, 0.2) is 0 Å². The van der Waals surface area contributed by atoms with E-state index in [1.807, 2.05) is 11.8 Å². The van der Waals surface area contributed by atoms with E-state index in [0.717, 1.165) is 5.25 Å². The first kappa shape index (κ1) is 13.4. The second-order valence-corrected chi connectivity index (χ2v) is 5.69. The fourth-order valence-electron chi connectivity index (χ4n) is 1.63. The summed E-state index contributed by atoms with van der Waals surface area (Å²) in [6, 6.07) is 8.48. The number of hydrogen-bond acceptors (Lipinski definition) is 2. The second kappa shape index (κ2) is 6.79. The second-order valence-electron chi connectivity index (χ2n) is 3.50. The molecule has 1 aliphatic heterocycles. The largest absolute Gasteiger partial charge is 0.317 e. The molecule has 1 aromatic rings. The van der Waals surface area contributed by atoms with Crippen molar-refractivity contribution < 1.29 is 0 Å². The lowest BCUT2D eigenvalue weighted by Gasteiger charge is -2.22. The molecule has 0 spiro atoms. The van der Waals surface area contributed by atoms with Crippen LogP contribution >= 0.6 is 40.1 Å². The molecular formula is C11H15BrClNS. The number of piperidine rings is 1. The van der Waals surface area contributed by atoms with Gasteiger partial charge in [-0.2, -0.15) is 0 Å². The molecule has 1 saturated heterocycles. The van der Waals surface area contributed by atoms with E-state index in [9.17, 15) is 0 Å². The van der Waals surface area contributed by atoms with E-state index >= 15 is 0 Å². The predicted octanol–water partition coefficient (Wildman–Crippen LogP) is 3.72. The maximum atomic E-state index is 3.59. The van der Waals surface area contributed by atoms with Crippen LogP contribution < -0.4 is 5.32 Å². The maximum Gasteiger partial charge on any atom is 0.0311 e. The third-order valence-corrected chi connectivity index (χ3v) is 4.79. The zero-order valence-electron chi connectivity index (χ0n) is 8.41. The number of hydrogen-bond donors (Lipinski definition) is 1. The summed E-state index contributed by atoms with van der Waals surface area (Å²) in [6.45, 7) is 2.34. The summed E-state index contributed by atoms with van der Waals surface area (Å²) in [5, 5.41) is 4.18. The van der Waals surface area contributed by atoms with Crippen LogP contribution in [0.1, 0.15) is 12.8 Å². The number of thioether (sulfide) groups is 1. The quantitative estimate of drug-likeness (QED) is 0.894. The Hall–Kier alpha value is 0.300. The van der Waals surface area contributed by atoms with Crippen LogP contribution in [0.15, 0.2) is 33.6 Å². The smallest absolute Gasteiger partial charge is 0.0311 e. The number of benzene rings is 1. The molecule has 0 saturated carbocycles. The molecule has 4 heteroatoms. The Morgan fingerprint density at radius 3 is 2.53 bits per heavy atom. The molecule has 0 unspecified atom stereocenters. The molecule has 1 aromatic carbocycles. The average Bonchev–Trinajstić information content (AvgIpc) is 2.23. The molecule has 0 amide bonds. The first-order valence-corrected chi connectivity index (χ1v) is 6.65. The number of nitrogens with one attached hydrogen (secondary N) is 1. The Balaban J connectivity index is 0.00000112. The maximum absolute atomic E-state index is 3.59. The SMILES string of the molecule is Brc1ccccc1SC1CCNCC1.Cl. The van der Waals surface area contributed by atoms with Gasteiger partial charge in [0.2, 0.25) is 0 Å². The van der Waals surface area contributed by atoms with Crippen molar-refractivity contribution in [3.63, 3.8) is 0 Å². The number of rotatable bonds is 2. The summed E-state index contributed by atoms with van der Waals surface area (Å²) in [5.74, 6) is 0. The minimum Gasteiger partial charge on any atom is -0.317 e. The monoisotopic (exact) mass is 307 g/mol. The van der Waals surface area contributed by atoms with Crippen LogP contribution in [0.5, 0.6) is 0 Å². The molecule has 1 aliphatic rings. The summed E-state index contributed by atoms with van der Waals surface area (Å²) in [6.07, 6.45) is 2.57. The Kier molecular flexibility index (Phi) is 6.05. The molecule has 15 heavy (non-hydrogen) atoms. The van der Waals surface area contributed by atoms with Crippen LogP contribution in [0.4, 0.5) is 0 Å². The molecule has 0 aliphatic carbocycles. The lowest BCUT2D eigenvalue weighted by molar-refractivity contribution is 0.531. The van der Waals surface area contributed by atoms with Gasteiger partial charge in [-0.15, -0.1) is 24.2 Å². The Morgan fingerprint density at radius 2 is 1.87 bits per heavy atom. The van der Waals surface area contributed by atoms with Gasteiger partial charge >= 0.3 is 0 Å². The van der Waals surface area contributed by atoms with E-state index in [2.05, 4.69) is 45.5 Å². The van der Waals surface area contributed by atoms with Gasteiger partial charge in [-0.05, 0) is 54.0 Å². The Morgan fingerprint density at radius 1 is 1.20 bits per heavy atom. The van der Waals surface area contributed by atoms with Crippen LogP contribution in [0, 0.1) is 0 Å². The molecule has 0 atom stereocenters. The van der Waals surface area contributed by atoms with Crippen molar-refractivity contribution in [3.8, 4) is 0 Å². The molecular weight excluding hydrogens is 294 g/mol. The van der Waals surface area contributed by atoms with Crippen molar-refractivity contribution in [1.29, 1.82) is 0 Å². The van der Waals surface area contributed by atoms with E-state index in [0.29, 0.717) is 0 Å². The van der Waals surface area contributed by atoms with Gasteiger partial charge in [0.25, 0.3) is 0 Å². The summed E-state index contributed by atoms with van der Waals surface area (Å²) >= 11 is 5.59. The normalized spacial score (nSPS) is 17.1. The highest BCUT2D eigenvalue weighted by Crippen LogP contribution is 2.33. The molecule has 0 radical (unpaired) electrons. The van der Waals surface area contributed by atoms with Gasteiger partial charge in [-0.3, -0.25) is 0 Å². The number of halogens is 2. The van der Waals surface area contributed by atoms with Crippen LogP contribution in [-0.4, -0.2) is 18.3 Å². The average molecular weight is 309 g/mol. The summed E-state index contributed by atoms with van der Waals surface area (Å²) in [7, 11) is 0. The molecule has 1 fully saturated rings. The van der Waals surface area contributed by atoms with Crippen molar-refractivity contribution in [2.75, 3.05) is 13.1 Å². The Bertz CT molecular complexity index is 302. The van der Waals surface area contributed by atoms with Gasteiger partial charge in [0.05, 0.1) is 0 Å². The molecule has 2 rings (SSSR count). The van der Waals surface area contributed by atoms with Gasteiger partial charge in [0, 0.05) is 14.6 Å². The van der Waals surface area contributed by atoms with Gasteiger partial charge < -0.3 is 5.32 Å². The van der Waals surface area contributed by atoms with E-state index in [4.69, 9.17) is 0 Å². The van der Waals surface area contributed by atoms with E-state index in [-0.39, 0.29) is 12.4 Å². The standard InChI is InChI=1S/C11H14BrNS.ClH/c12-10-3-1-2-4-11(10)14-9-5-7-13-8-6-9;/h1-4,9,13H,5-8H2;1H. The van der Waals surface area contributed by atoms with Gasteiger partial charge in [-0.1, -0.05) is 12.1 Å². The van der Waals surface area contributed by atoms with Crippen molar-refractivity contribution in [1.82, 2.24) is 5.32 Å². The topological polar surface area (TPSA) is 12.0 Å². The first-order chi connectivity index (χ1) is 6.86. The van der Waals surface area contributed by atoms with Crippen LogP contribution in [-0.2, 0) is 0 Å². The molecule has 0 aromatic heterocycles. The zero-order chi connectivity index (χ0) is 9.80. The highest BCUT2D eigenvalue weighted by Gasteiger charge is 2.14. The molecule has 84 valence electrons. The van der Waals surface area contributed by atoms with Crippen molar-refractivity contribution >= 4 is 40.1 Å². The third-order valence-electron chi connectivity index (χ3n) is 2.42. The highest BCUT2D eigenvalue weighted by atomic mass is 79.9. The highest BCUT2D eigenvalue weighted by molar-refractivity contribution is 9.10. The fraction of sp³-hybridized carbons (Fsp3) is 0.455. The van der Waals surface area contributed by atoms with Crippen LogP contribution in [0.25, 0.3) is 0 Å². The lowest BCUT2D eigenvalue weighted by Crippen LogP contribution is -2.29. The summed E-state index contributed by atoms with van der Waals surface area (Å²) in [4.78, 5) is 1.37. The van der Waals surface area contributed by atoms with Crippen molar-refractivity contribution in [2.45, 2.75) is 23.0 Å². The molecule has 0 bridgehead atoms. The van der Waals surface area contributed by atoms with E-state index in [1.54, 1.807) is 0 Å². The van der Waals surface area contributed by atoms with Gasteiger partial charge in [0.1, 0.15) is 0 Å². The minimum absolute atomic E-state index is 0. The van der Waals surface area contributed by atoms with Crippen LogP contribution in [0.3, 0.4) is 0 Å².